The third-order valence-electron chi connectivity index (χ3n) is 3.24. The van der Waals surface area contributed by atoms with E-state index < -0.39 is 0 Å². The van der Waals surface area contributed by atoms with E-state index in [1.165, 1.54) is 5.56 Å². The van der Waals surface area contributed by atoms with E-state index in [1.54, 1.807) is 0 Å². The van der Waals surface area contributed by atoms with E-state index in [-0.39, 0.29) is 5.38 Å². The van der Waals surface area contributed by atoms with Gasteiger partial charge in [-0.05, 0) is 63.5 Å². The molecule has 0 amide bonds. The van der Waals surface area contributed by atoms with Crippen LogP contribution in [0.4, 0.5) is 0 Å². The van der Waals surface area contributed by atoms with E-state index in [0.29, 0.717) is 5.02 Å². The maximum Gasteiger partial charge on any atom is 0.122 e. The number of halogens is 3. The molecule has 1 unspecified atom stereocenters. The summed E-state index contributed by atoms with van der Waals surface area (Å²) >= 11 is 15.0. The van der Waals surface area contributed by atoms with Crippen LogP contribution in [0.25, 0.3) is 0 Å². The highest BCUT2D eigenvalue weighted by atomic mass is 127. The Morgan fingerprint density at radius 1 is 1.16 bits per heavy atom. The van der Waals surface area contributed by atoms with Gasteiger partial charge < -0.3 is 4.74 Å². The molecule has 0 spiro atoms. The minimum absolute atomic E-state index is 0.184. The Morgan fingerprint density at radius 2 is 2.00 bits per heavy atom. The molecule has 1 atom stereocenters. The second-order valence-electron chi connectivity index (χ2n) is 4.49. The molecule has 1 heterocycles. The van der Waals surface area contributed by atoms with E-state index >= 15 is 0 Å². The Morgan fingerprint density at radius 3 is 2.84 bits per heavy atom. The van der Waals surface area contributed by atoms with E-state index in [1.807, 2.05) is 30.3 Å². The van der Waals surface area contributed by atoms with Crippen LogP contribution in [0.1, 0.15) is 22.1 Å². The summed E-state index contributed by atoms with van der Waals surface area (Å²) < 4.78 is 6.64. The van der Waals surface area contributed by atoms with Gasteiger partial charge in [-0.3, -0.25) is 0 Å². The first kappa shape index (κ1) is 13.5. The Bertz CT molecular complexity index is 628. The predicted molar refractivity (Wildman–Crippen MR) is 87.5 cm³/mol. The Hall–Kier alpha value is -0.450. The summed E-state index contributed by atoms with van der Waals surface area (Å²) in [6.07, 6.45) is 0.958. The first-order valence-corrected chi connectivity index (χ1v) is 7.89. The topological polar surface area (TPSA) is 9.23 Å². The number of benzene rings is 2. The zero-order valence-corrected chi connectivity index (χ0v) is 13.7. The molecular formula is C15H11Cl2IO. The molecule has 0 radical (unpaired) electrons. The van der Waals surface area contributed by atoms with Crippen molar-refractivity contribution in [2.45, 2.75) is 11.8 Å². The predicted octanol–water partition coefficient (Wildman–Crippen LogP) is 5.21. The van der Waals surface area contributed by atoms with Crippen LogP contribution in [-0.4, -0.2) is 6.61 Å². The quantitative estimate of drug-likeness (QED) is 0.493. The van der Waals surface area contributed by atoms with E-state index in [4.69, 9.17) is 27.9 Å². The van der Waals surface area contributed by atoms with Crippen LogP contribution in [0.2, 0.25) is 5.02 Å². The van der Waals surface area contributed by atoms with Crippen LogP contribution in [-0.2, 0) is 6.42 Å². The van der Waals surface area contributed by atoms with Gasteiger partial charge in [0.1, 0.15) is 5.75 Å². The molecule has 1 aliphatic rings. The molecule has 3 rings (SSSR count). The summed E-state index contributed by atoms with van der Waals surface area (Å²) in [6, 6.07) is 12.0. The van der Waals surface area contributed by atoms with E-state index in [0.717, 1.165) is 33.5 Å². The molecule has 2 aromatic rings. The summed E-state index contributed by atoms with van der Waals surface area (Å²) in [5.74, 6) is 0.980. The van der Waals surface area contributed by atoms with Gasteiger partial charge in [0.25, 0.3) is 0 Å². The van der Waals surface area contributed by atoms with Crippen LogP contribution in [0, 0.1) is 3.57 Å². The van der Waals surface area contributed by atoms with Crippen LogP contribution in [0.5, 0.6) is 5.75 Å². The molecule has 0 N–H and O–H groups in total. The van der Waals surface area contributed by atoms with Crippen molar-refractivity contribution in [3.05, 3.63) is 61.7 Å². The lowest BCUT2D eigenvalue weighted by Gasteiger charge is -2.14. The lowest BCUT2D eigenvalue weighted by molar-refractivity contribution is 0.357. The second-order valence-corrected chi connectivity index (χ2v) is 6.53. The number of rotatable bonds is 2. The van der Waals surface area contributed by atoms with Gasteiger partial charge in [-0.25, -0.2) is 0 Å². The van der Waals surface area contributed by atoms with Crippen molar-refractivity contribution in [1.29, 1.82) is 0 Å². The Balaban J connectivity index is 1.99. The van der Waals surface area contributed by atoms with Gasteiger partial charge >= 0.3 is 0 Å². The third-order valence-corrected chi connectivity index (χ3v) is 4.94. The molecule has 4 heteroatoms. The minimum atomic E-state index is -0.184. The normalized spacial score (nSPS) is 14.9. The lowest BCUT2D eigenvalue weighted by Crippen LogP contribution is -1.97. The van der Waals surface area contributed by atoms with Crippen LogP contribution in [0.3, 0.4) is 0 Å². The average Bonchev–Trinajstić information content (AvgIpc) is 2.88. The molecule has 19 heavy (non-hydrogen) atoms. The van der Waals surface area contributed by atoms with Crippen molar-refractivity contribution >= 4 is 45.8 Å². The van der Waals surface area contributed by atoms with Gasteiger partial charge in [0, 0.05) is 15.0 Å². The molecular weight excluding hydrogens is 394 g/mol. The summed E-state index contributed by atoms with van der Waals surface area (Å²) in [4.78, 5) is 0. The highest BCUT2D eigenvalue weighted by Gasteiger charge is 2.18. The zero-order chi connectivity index (χ0) is 13.4. The number of hydrogen-bond donors (Lipinski definition) is 0. The first-order chi connectivity index (χ1) is 9.15. The van der Waals surface area contributed by atoms with Gasteiger partial charge in [0.05, 0.1) is 12.0 Å². The molecule has 1 nitrogen and oxygen atoms in total. The molecule has 2 aromatic carbocycles. The van der Waals surface area contributed by atoms with Crippen molar-refractivity contribution in [2.75, 3.05) is 6.61 Å². The Kier molecular flexibility index (Phi) is 3.92. The van der Waals surface area contributed by atoms with Crippen LogP contribution in [0.15, 0.2) is 36.4 Å². The van der Waals surface area contributed by atoms with Crippen molar-refractivity contribution in [2.24, 2.45) is 0 Å². The van der Waals surface area contributed by atoms with Gasteiger partial charge in [0.2, 0.25) is 0 Å². The van der Waals surface area contributed by atoms with Crippen LogP contribution < -0.4 is 4.74 Å². The molecule has 0 saturated carbocycles. The fourth-order valence-corrected chi connectivity index (χ4v) is 3.58. The van der Waals surface area contributed by atoms with Gasteiger partial charge in [-0.1, -0.05) is 23.7 Å². The molecule has 1 aliphatic heterocycles. The van der Waals surface area contributed by atoms with E-state index in [9.17, 15) is 0 Å². The summed E-state index contributed by atoms with van der Waals surface area (Å²) in [5, 5.41) is 0.530. The third kappa shape index (κ3) is 2.71. The molecule has 0 bridgehead atoms. The van der Waals surface area contributed by atoms with Crippen molar-refractivity contribution in [3.63, 3.8) is 0 Å². The molecule has 0 aliphatic carbocycles. The summed E-state index contributed by atoms with van der Waals surface area (Å²) in [7, 11) is 0. The van der Waals surface area contributed by atoms with Crippen LogP contribution >= 0.6 is 45.8 Å². The monoisotopic (exact) mass is 404 g/mol. The summed E-state index contributed by atoms with van der Waals surface area (Å²) in [5.41, 5.74) is 3.37. The first-order valence-electron chi connectivity index (χ1n) is 6.00. The average molecular weight is 405 g/mol. The highest BCUT2D eigenvalue weighted by Crippen LogP contribution is 2.36. The van der Waals surface area contributed by atoms with Crippen molar-refractivity contribution in [1.82, 2.24) is 0 Å². The largest absolute Gasteiger partial charge is 0.493 e. The minimum Gasteiger partial charge on any atom is -0.493 e. The van der Waals surface area contributed by atoms with Gasteiger partial charge in [-0.2, -0.15) is 0 Å². The fourth-order valence-electron chi connectivity index (χ4n) is 2.25. The summed E-state index contributed by atoms with van der Waals surface area (Å²) in [6.45, 7) is 0.764. The fraction of sp³-hybridized carbons (Fsp3) is 0.200. The molecule has 98 valence electrons. The second kappa shape index (κ2) is 5.51. The number of alkyl halides is 1. The zero-order valence-electron chi connectivity index (χ0n) is 10.00. The number of hydrogen-bond acceptors (Lipinski definition) is 1. The van der Waals surface area contributed by atoms with E-state index in [2.05, 4.69) is 28.7 Å². The molecule has 0 aromatic heterocycles. The smallest absolute Gasteiger partial charge is 0.122 e. The number of fused-ring (bicyclic) bond motifs is 1. The SMILES string of the molecule is Clc1ccc(I)c(C(Cl)c2ccc3c(c2)CCO3)c1. The maximum absolute atomic E-state index is 6.61. The lowest BCUT2D eigenvalue weighted by atomic mass is 10.0. The highest BCUT2D eigenvalue weighted by molar-refractivity contribution is 14.1. The number of ether oxygens (including phenoxy) is 1. The Labute approximate surface area is 136 Å². The maximum atomic E-state index is 6.61. The molecule has 0 fully saturated rings. The molecule has 0 saturated heterocycles. The van der Waals surface area contributed by atoms with Gasteiger partial charge in [-0.15, -0.1) is 11.6 Å². The van der Waals surface area contributed by atoms with Gasteiger partial charge in [0.15, 0.2) is 0 Å². The van der Waals surface area contributed by atoms with Crippen molar-refractivity contribution in [3.8, 4) is 5.75 Å². The van der Waals surface area contributed by atoms with Crippen molar-refractivity contribution < 1.29 is 4.74 Å². The standard InChI is InChI=1S/C15H11Cl2IO/c16-11-2-3-13(18)12(8-11)15(17)10-1-4-14-9(7-10)5-6-19-14/h1-4,7-8,15H,5-6H2.